The molecular formula is C13H21NO2Si. The van der Waals surface area contributed by atoms with Crippen molar-refractivity contribution in [2.45, 2.75) is 51.9 Å². The lowest BCUT2D eigenvalue weighted by Gasteiger charge is -2.37. The van der Waals surface area contributed by atoms with Crippen LogP contribution in [0.15, 0.2) is 16.5 Å². The van der Waals surface area contributed by atoms with Crippen LogP contribution in [0.25, 0.3) is 0 Å². The van der Waals surface area contributed by atoms with Crippen LogP contribution in [0, 0.1) is 18.3 Å². The standard InChI is InChI=1S/C13H21NO2Si/c1-10-7-8-11(15-10)12(9-14)16-17(5,6)13(2,3)4/h7-8,12H,1-6H3. The Hall–Kier alpha value is -1.05. The molecular weight excluding hydrogens is 230 g/mol. The van der Waals surface area contributed by atoms with Gasteiger partial charge in [-0.3, -0.25) is 0 Å². The predicted octanol–water partition coefficient (Wildman–Crippen LogP) is 4.17. The van der Waals surface area contributed by atoms with E-state index in [1.165, 1.54) is 0 Å². The first-order chi connectivity index (χ1) is 7.67. The van der Waals surface area contributed by atoms with Crippen molar-refractivity contribution >= 4 is 8.32 Å². The van der Waals surface area contributed by atoms with Gasteiger partial charge in [-0.2, -0.15) is 5.26 Å². The lowest BCUT2D eigenvalue weighted by atomic mass is 10.2. The smallest absolute Gasteiger partial charge is 0.194 e. The SMILES string of the molecule is Cc1ccc(C(C#N)O[Si](C)(C)C(C)(C)C)o1. The Morgan fingerprint density at radius 2 is 1.94 bits per heavy atom. The number of hydrogen-bond donors (Lipinski definition) is 0. The monoisotopic (exact) mass is 251 g/mol. The van der Waals surface area contributed by atoms with E-state index in [4.69, 9.17) is 8.84 Å². The van der Waals surface area contributed by atoms with Crippen LogP contribution in [0.2, 0.25) is 18.1 Å². The summed E-state index contributed by atoms with van der Waals surface area (Å²) in [5.41, 5.74) is 0. The van der Waals surface area contributed by atoms with E-state index in [9.17, 15) is 5.26 Å². The van der Waals surface area contributed by atoms with Crippen LogP contribution in [0.1, 0.15) is 38.4 Å². The summed E-state index contributed by atoms with van der Waals surface area (Å²) in [4.78, 5) is 0. The molecule has 0 aliphatic heterocycles. The maximum Gasteiger partial charge on any atom is 0.194 e. The van der Waals surface area contributed by atoms with Gasteiger partial charge in [-0.25, -0.2) is 0 Å². The molecule has 0 spiro atoms. The molecule has 94 valence electrons. The highest BCUT2D eigenvalue weighted by Crippen LogP contribution is 2.39. The Kier molecular flexibility index (Phi) is 3.85. The Labute approximate surface area is 105 Å². The lowest BCUT2D eigenvalue weighted by molar-refractivity contribution is 0.205. The van der Waals surface area contributed by atoms with E-state index in [2.05, 4.69) is 39.9 Å². The maximum atomic E-state index is 9.21. The molecule has 0 bridgehead atoms. The highest BCUT2D eigenvalue weighted by Gasteiger charge is 2.40. The summed E-state index contributed by atoms with van der Waals surface area (Å²) in [5, 5.41) is 9.29. The van der Waals surface area contributed by atoms with Crippen molar-refractivity contribution in [3.63, 3.8) is 0 Å². The van der Waals surface area contributed by atoms with Crippen molar-refractivity contribution < 1.29 is 8.84 Å². The zero-order valence-corrected chi connectivity index (χ0v) is 12.5. The summed E-state index contributed by atoms with van der Waals surface area (Å²) in [7, 11) is -1.94. The molecule has 1 aromatic heterocycles. The molecule has 17 heavy (non-hydrogen) atoms. The van der Waals surface area contributed by atoms with E-state index in [1.54, 1.807) is 0 Å². The Balaban J connectivity index is 2.89. The summed E-state index contributed by atoms with van der Waals surface area (Å²) >= 11 is 0. The van der Waals surface area contributed by atoms with Crippen LogP contribution in [-0.4, -0.2) is 8.32 Å². The fourth-order valence-corrected chi connectivity index (χ4v) is 2.33. The van der Waals surface area contributed by atoms with Gasteiger partial charge in [-0.05, 0) is 37.2 Å². The summed E-state index contributed by atoms with van der Waals surface area (Å²) < 4.78 is 11.5. The highest BCUT2D eigenvalue weighted by molar-refractivity contribution is 6.74. The van der Waals surface area contributed by atoms with Crippen molar-refractivity contribution in [1.29, 1.82) is 5.26 Å². The maximum absolute atomic E-state index is 9.21. The molecule has 0 saturated heterocycles. The van der Waals surface area contributed by atoms with Gasteiger partial charge in [0.2, 0.25) is 0 Å². The van der Waals surface area contributed by atoms with Crippen LogP contribution < -0.4 is 0 Å². The number of hydrogen-bond acceptors (Lipinski definition) is 3. The zero-order chi connectivity index (χ0) is 13.3. The van der Waals surface area contributed by atoms with Crippen molar-refractivity contribution in [1.82, 2.24) is 0 Å². The van der Waals surface area contributed by atoms with Crippen LogP contribution in [-0.2, 0) is 4.43 Å². The van der Waals surface area contributed by atoms with Crippen LogP contribution in [0.5, 0.6) is 0 Å². The van der Waals surface area contributed by atoms with Crippen molar-refractivity contribution in [2.75, 3.05) is 0 Å². The fraction of sp³-hybridized carbons (Fsp3) is 0.615. The van der Waals surface area contributed by atoms with E-state index in [1.807, 2.05) is 19.1 Å². The molecule has 0 aliphatic carbocycles. The fourth-order valence-electron chi connectivity index (χ4n) is 1.21. The molecule has 0 amide bonds. The first kappa shape index (κ1) is 14.0. The minimum Gasteiger partial charge on any atom is -0.462 e. The van der Waals surface area contributed by atoms with Crippen molar-refractivity contribution in [2.24, 2.45) is 0 Å². The van der Waals surface area contributed by atoms with Gasteiger partial charge in [-0.1, -0.05) is 20.8 Å². The minimum absolute atomic E-state index is 0.0870. The third kappa shape index (κ3) is 3.21. The number of aryl methyl sites for hydroxylation is 1. The molecule has 1 atom stereocenters. The van der Waals surface area contributed by atoms with E-state index in [0.717, 1.165) is 5.76 Å². The summed E-state index contributed by atoms with van der Waals surface area (Å²) in [6, 6.07) is 5.85. The first-order valence-electron chi connectivity index (χ1n) is 5.81. The van der Waals surface area contributed by atoms with Crippen LogP contribution >= 0.6 is 0 Å². The molecule has 0 N–H and O–H groups in total. The van der Waals surface area contributed by atoms with Gasteiger partial charge in [0.15, 0.2) is 14.4 Å². The molecule has 1 aromatic rings. The second-order valence-electron chi connectivity index (χ2n) is 5.84. The molecule has 0 aliphatic rings. The molecule has 0 saturated carbocycles. The van der Waals surface area contributed by atoms with Gasteiger partial charge < -0.3 is 8.84 Å². The molecule has 4 heteroatoms. The predicted molar refractivity (Wildman–Crippen MR) is 70.1 cm³/mol. The third-order valence-corrected chi connectivity index (χ3v) is 7.79. The molecule has 3 nitrogen and oxygen atoms in total. The van der Waals surface area contributed by atoms with E-state index >= 15 is 0 Å². The molecule has 1 heterocycles. The van der Waals surface area contributed by atoms with Crippen LogP contribution in [0.4, 0.5) is 0 Å². The molecule has 0 fully saturated rings. The number of rotatable bonds is 3. The Bertz CT molecular complexity index is 423. The summed E-state index contributed by atoms with van der Waals surface area (Å²) in [6.45, 7) is 12.6. The van der Waals surface area contributed by atoms with Gasteiger partial charge in [0, 0.05) is 0 Å². The largest absolute Gasteiger partial charge is 0.462 e. The molecule has 0 aromatic carbocycles. The van der Waals surface area contributed by atoms with E-state index in [0.29, 0.717) is 5.76 Å². The summed E-state index contributed by atoms with van der Waals surface area (Å²) in [6.07, 6.45) is -0.593. The van der Waals surface area contributed by atoms with Crippen molar-refractivity contribution in [3.05, 3.63) is 23.7 Å². The normalized spacial score (nSPS) is 14.4. The number of nitrogens with zero attached hydrogens (tertiary/aromatic N) is 1. The molecule has 1 unspecified atom stereocenters. The lowest BCUT2D eigenvalue weighted by Crippen LogP contribution is -2.41. The average Bonchev–Trinajstić information content (AvgIpc) is 2.59. The minimum atomic E-state index is -1.94. The quantitative estimate of drug-likeness (QED) is 0.757. The Morgan fingerprint density at radius 3 is 2.29 bits per heavy atom. The van der Waals surface area contributed by atoms with Crippen LogP contribution in [0.3, 0.4) is 0 Å². The molecule has 0 radical (unpaired) electrons. The second-order valence-corrected chi connectivity index (χ2v) is 10.6. The third-order valence-electron chi connectivity index (χ3n) is 3.36. The van der Waals surface area contributed by atoms with Gasteiger partial charge in [0.1, 0.15) is 17.6 Å². The van der Waals surface area contributed by atoms with E-state index < -0.39 is 14.4 Å². The highest BCUT2D eigenvalue weighted by atomic mass is 28.4. The van der Waals surface area contributed by atoms with Gasteiger partial charge in [-0.15, -0.1) is 0 Å². The van der Waals surface area contributed by atoms with Crippen molar-refractivity contribution in [3.8, 4) is 6.07 Å². The zero-order valence-electron chi connectivity index (χ0n) is 11.5. The Morgan fingerprint density at radius 1 is 1.35 bits per heavy atom. The molecule has 1 rings (SSSR count). The van der Waals surface area contributed by atoms with Gasteiger partial charge in [0.05, 0.1) is 0 Å². The first-order valence-corrected chi connectivity index (χ1v) is 8.72. The number of nitriles is 1. The summed E-state index contributed by atoms with van der Waals surface area (Å²) in [5.74, 6) is 1.41. The average molecular weight is 251 g/mol. The van der Waals surface area contributed by atoms with Gasteiger partial charge in [0.25, 0.3) is 0 Å². The second kappa shape index (κ2) is 4.67. The topological polar surface area (TPSA) is 46.2 Å². The van der Waals surface area contributed by atoms with Gasteiger partial charge >= 0.3 is 0 Å². The number of furan rings is 1. The van der Waals surface area contributed by atoms with E-state index in [-0.39, 0.29) is 5.04 Å².